The van der Waals surface area contributed by atoms with Gasteiger partial charge in [0.2, 0.25) is 0 Å². The minimum absolute atomic E-state index is 1.05. The van der Waals surface area contributed by atoms with E-state index in [2.05, 4.69) is 4.79 Å². The van der Waals surface area contributed by atoms with E-state index in [1.165, 1.54) is 0 Å². The fourth-order valence-electron chi connectivity index (χ4n) is 0.0997. The van der Waals surface area contributed by atoms with Crippen LogP contribution in [0.15, 0.2) is 0 Å². The molecule has 0 aliphatic rings. The number of nitriles is 1. The van der Waals surface area contributed by atoms with Gasteiger partial charge in [0.15, 0.2) is 4.92 Å². The van der Waals surface area contributed by atoms with E-state index in [-0.39, 0.29) is 0 Å². The topological polar surface area (TPSA) is 103 Å². The molecule has 0 heterocycles. The lowest BCUT2D eigenvalue weighted by atomic mass is 10.7. The van der Waals surface area contributed by atoms with Crippen LogP contribution in [0.1, 0.15) is 0 Å². The molecular weight excluding hydrogens is 112 g/mol. The molecule has 0 aromatic rings. The van der Waals surface area contributed by atoms with Gasteiger partial charge in [0.25, 0.3) is 6.07 Å². The third kappa shape index (κ3) is 1.16. The minimum atomic E-state index is -1.11. The summed E-state index contributed by atoms with van der Waals surface area (Å²) in [6.07, 6.45) is 0. The monoisotopic (exact) mass is 112 g/mol. The van der Waals surface area contributed by atoms with Crippen molar-refractivity contribution in [2.24, 2.45) is 0 Å². The summed E-state index contributed by atoms with van der Waals surface area (Å²) in [6.45, 7) is 0. The number of nitro groups is 1. The summed E-state index contributed by atoms with van der Waals surface area (Å²) in [5.41, 5.74) is 7.62. The standard InChI is InChI=1S/C2N4O2/c3-1-2(5-4)6(7)8. The Balaban J connectivity index is 4.46. The maximum atomic E-state index is 9.45. The zero-order chi connectivity index (χ0) is 6.57. The van der Waals surface area contributed by atoms with Gasteiger partial charge in [-0.3, -0.25) is 10.1 Å². The highest BCUT2D eigenvalue weighted by atomic mass is 16.6. The molecule has 8 heavy (non-hydrogen) atoms. The van der Waals surface area contributed by atoms with Crippen molar-refractivity contribution < 1.29 is 9.71 Å². The fourth-order valence-corrected chi connectivity index (χ4v) is 0.0997. The Morgan fingerprint density at radius 2 is 2.50 bits per heavy atom. The smallest absolute Gasteiger partial charge is 0.353 e. The van der Waals surface area contributed by atoms with Crippen molar-refractivity contribution in [1.82, 2.24) is 0 Å². The second kappa shape index (κ2) is 2.44. The molecule has 0 aliphatic carbocycles. The van der Waals surface area contributed by atoms with Gasteiger partial charge in [0.1, 0.15) is 0 Å². The number of hydrogen-bond acceptors (Lipinski definition) is 3. The van der Waals surface area contributed by atoms with Crippen LogP contribution in [-0.4, -0.2) is 15.5 Å². The summed E-state index contributed by atoms with van der Waals surface area (Å²) in [6, 6.07) is 1.05. The molecule has 0 aliphatic heterocycles. The third-order valence-electron chi connectivity index (χ3n) is 0.368. The molecule has 0 aromatic heterocycles. The molecule has 0 atom stereocenters. The maximum Gasteiger partial charge on any atom is 0.685 e. The van der Waals surface area contributed by atoms with Crippen LogP contribution in [0.2, 0.25) is 0 Å². The molecule has 0 saturated carbocycles. The first-order valence-electron chi connectivity index (χ1n) is 1.49. The van der Waals surface area contributed by atoms with Gasteiger partial charge in [-0.2, -0.15) is 5.26 Å². The molecule has 0 amide bonds. The largest absolute Gasteiger partial charge is 0.685 e. The first-order valence-corrected chi connectivity index (χ1v) is 1.49. The van der Waals surface area contributed by atoms with E-state index >= 15 is 0 Å². The summed E-state index contributed by atoms with van der Waals surface area (Å²) in [5, 5.41) is 17.2. The number of nitrogens with zero attached hydrogens (tertiary/aromatic N) is 4. The average molecular weight is 112 g/mol. The zero-order valence-corrected chi connectivity index (χ0v) is 3.61. The van der Waals surface area contributed by atoms with E-state index in [4.69, 9.17) is 10.8 Å². The molecule has 0 unspecified atom stereocenters. The molecule has 6 nitrogen and oxygen atoms in total. The Kier molecular flexibility index (Phi) is 1.92. The van der Waals surface area contributed by atoms with Gasteiger partial charge in [0.05, 0.1) is 0 Å². The first-order chi connectivity index (χ1) is 3.72. The summed E-state index contributed by atoms with van der Waals surface area (Å²) in [4.78, 5) is 10.4. The Morgan fingerprint density at radius 3 is 2.50 bits per heavy atom. The first kappa shape index (κ1) is 6.27. The van der Waals surface area contributed by atoms with Crippen molar-refractivity contribution in [3.63, 3.8) is 0 Å². The van der Waals surface area contributed by atoms with Crippen molar-refractivity contribution in [3.8, 4) is 6.07 Å². The van der Waals surface area contributed by atoms with Crippen LogP contribution >= 0.6 is 0 Å². The predicted octanol–water partition coefficient (Wildman–Crippen LogP) is -0.585. The van der Waals surface area contributed by atoms with Gasteiger partial charge in [-0.1, -0.05) is 4.79 Å². The minimum Gasteiger partial charge on any atom is -0.353 e. The normalized spacial score (nSPS) is 6.38. The SMILES string of the molecule is N#CC(=[N+]=[N-])[N+](=O)[O-]. The quantitative estimate of drug-likeness (QED) is 0.104. The van der Waals surface area contributed by atoms with Gasteiger partial charge in [-0.05, 0) is 0 Å². The van der Waals surface area contributed by atoms with Crippen molar-refractivity contribution in [1.29, 1.82) is 5.26 Å². The molecule has 40 valence electrons. The van der Waals surface area contributed by atoms with Gasteiger partial charge in [0, 0.05) is 0 Å². The molecule has 0 fully saturated rings. The van der Waals surface area contributed by atoms with Gasteiger partial charge in [-0.15, -0.1) is 0 Å². The van der Waals surface area contributed by atoms with Crippen LogP contribution in [-0.2, 0) is 0 Å². The highest BCUT2D eigenvalue weighted by Gasteiger charge is 2.19. The van der Waals surface area contributed by atoms with E-state index < -0.39 is 10.8 Å². The molecular formula is C2N4O2. The molecule has 0 spiro atoms. The Morgan fingerprint density at radius 1 is 2.00 bits per heavy atom. The second-order valence-electron chi connectivity index (χ2n) is 0.793. The van der Waals surface area contributed by atoms with Gasteiger partial charge in [-0.25, -0.2) is 0 Å². The van der Waals surface area contributed by atoms with Gasteiger partial charge < -0.3 is 5.53 Å². The highest BCUT2D eigenvalue weighted by molar-refractivity contribution is 5.84. The Bertz CT molecular complexity index is 195. The lowest BCUT2D eigenvalue weighted by Gasteiger charge is -1.66. The predicted molar refractivity (Wildman–Crippen MR) is 21.2 cm³/mol. The maximum absolute atomic E-state index is 9.45. The van der Waals surface area contributed by atoms with Crippen LogP contribution < -0.4 is 0 Å². The summed E-state index contributed by atoms with van der Waals surface area (Å²) < 4.78 is 0. The Labute approximate surface area is 43.7 Å². The lowest BCUT2D eigenvalue weighted by molar-refractivity contribution is -0.380. The van der Waals surface area contributed by atoms with E-state index in [0.717, 1.165) is 6.07 Å². The van der Waals surface area contributed by atoms with Crippen LogP contribution in [0.3, 0.4) is 0 Å². The highest BCUT2D eigenvalue weighted by Crippen LogP contribution is 1.66. The van der Waals surface area contributed by atoms with Gasteiger partial charge >= 0.3 is 5.84 Å². The summed E-state index contributed by atoms with van der Waals surface area (Å²) in [7, 11) is 0. The fraction of sp³-hybridized carbons (Fsp3) is 0. The van der Waals surface area contributed by atoms with Crippen molar-refractivity contribution in [2.45, 2.75) is 0 Å². The van der Waals surface area contributed by atoms with Crippen molar-refractivity contribution >= 4 is 5.84 Å². The molecule has 0 rings (SSSR count). The van der Waals surface area contributed by atoms with E-state index in [1.54, 1.807) is 0 Å². The van der Waals surface area contributed by atoms with E-state index in [0.29, 0.717) is 0 Å². The second-order valence-corrected chi connectivity index (χ2v) is 0.793. The number of rotatable bonds is 0. The van der Waals surface area contributed by atoms with Crippen LogP contribution in [0.25, 0.3) is 5.53 Å². The van der Waals surface area contributed by atoms with Crippen LogP contribution in [0.5, 0.6) is 0 Å². The molecule has 6 heteroatoms. The Hall–Kier alpha value is -1.73. The van der Waals surface area contributed by atoms with E-state index in [9.17, 15) is 10.1 Å². The average Bonchev–Trinajstić information content (AvgIpc) is 1.69. The summed E-state index contributed by atoms with van der Waals surface area (Å²) in [5.74, 6) is -1.11. The molecule has 0 aromatic carbocycles. The lowest BCUT2D eigenvalue weighted by Crippen LogP contribution is -2.08. The van der Waals surface area contributed by atoms with Crippen molar-refractivity contribution in [2.75, 3.05) is 0 Å². The van der Waals surface area contributed by atoms with Crippen molar-refractivity contribution in [3.05, 3.63) is 15.6 Å². The zero-order valence-electron chi connectivity index (χ0n) is 3.61. The number of amidine groups is 1. The molecule has 0 saturated heterocycles. The van der Waals surface area contributed by atoms with E-state index in [1.807, 2.05) is 0 Å². The van der Waals surface area contributed by atoms with Crippen LogP contribution in [0.4, 0.5) is 0 Å². The summed E-state index contributed by atoms with van der Waals surface area (Å²) >= 11 is 0. The van der Waals surface area contributed by atoms with Crippen LogP contribution in [0, 0.1) is 21.4 Å². The molecule has 0 N–H and O–H groups in total. The number of hydrogen-bond donors (Lipinski definition) is 0. The molecule has 0 bridgehead atoms. The third-order valence-corrected chi connectivity index (χ3v) is 0.368. The molecule has 0 radical (unpaired) electrons.